The fourth-order valence-corrected chi connectivity index (χ4v) is 0.320. The summed E-state index contributed by atoms with van der Waals surface area (Å²) in [6.45, 7) is -0.118. The van der Waals surface area contributed by atoms with E-state index in [9.17, 15) is 9.59 Å². The molecule has 1 amide bonds. The minimum Gasteiger partial charge on any atom is -0.437 e. The monoisotopic (exact) mass is 240 g/mol. The van der Waals surface area contributed by atoms with Gasteiger partial charge in [0.05, 0.1) is 6.67 Å². The average molecular weight is 240 g/mol. The number of ether oxygens (including phenoxy) is 1. The zero-order valence-corrected chi connectivity index (χ0v) is 8.36. The van der Waals surface area contributed by atoms with Crippen LogP contribution in [0.3, 0.4) is 0 Å². The molecule has 96 valence electrons. The van der Waals surface area contributed by atoms with Gasteiger partial charge >= 0.3 is 12.1 Å². The van der Waals surface area contributed by atoms with Crippen LogP contribution in [-0.4, -0.2) is 25.3 Å². The lowest BCUT2D eigenvalue weighted by atomic mass is 10.7. The second-order valence-corrected chi connectivity index (χ2v) is 1.90. The lowest BCUT2D eigenvalue weighted by molar-refractivity contribution is -0.154. The summed E-state index contributed by atoms with van der Waals surface area (Å²) >= 11 is 0. The maximum Gasteiger partial charge on any atom is 0.421 e. The van der Waals surface area contributed by atoms with Crippen LogP contribution in [0.15, 0.2) is 0 Å². The van der Waals surface area contributed by atoms with Crippen LogP contribution >= 0.6 is 0 Å². The van der Waals surface area contributed by atoms with Crippen molar-refractivity contribution in [2.24, 2.45) is 23.4 Å². The quantitative estimate of drug-likeness (QED) is 0.0992. The van der Waals surface area contributed by atoms with E-state index in [0.29, 0.717) is 6.67 Å². The smallest absolute Gasteiger partial charge is 0.421 e. The van der Waals surface area contributed by atoms with Crippen molar-refractivity contribution in [2.45, 2.75) is 0 Å². The van der Waals surface area contributed by atoms with E-state index in [0.717, 1.165) is 0 Å². The summed E-state index contributed by atoms with van der Waals surface area (Å²) in [7, 11) is 0. The molecular formula is C4H16N8O4. The van der Waals surface area contributed by atoms with E-state index < -0.39 is 18.7 Å². The molecule has 0 aromatic carbocycles. The summed E-state index contributed by atoms with van der Waals surface area (Å²) in [6.07, 6.45) is -0.932. The van der Waals surface area contributed by atoms with Gasteiger partial charge in [0.15, 0.2) is 6.61 Å². The number of nitrogens with two attached hydrogens (primary N) is 4. The number of nitrogens with one attached hydrogen (secondary N) is 4. The van der Waals surface area contributed by atoms with Crippen molar-refractivity contribution < 1.29 is 19.2 Å². The van der Waals surface area contributed by atoms with Crippen LogP contribution in [0.1, 0.15) is 0 Å². The molecule has 0 atom stereocenters. The Balaban J connectivity index is 0. The van der Waals surface area contributed by atoms with E-state index in [2.05, 4.69) is 32.1 Å². The van der Waals surface area contributed by atoms with E-state index in [4.69, 9.17) is 11.7 Å². The van der Waals surface area contributed by atoms with Crippen molar-refractivity contribution in [3.63, 3.8) is 0 Å². The van der Waals surface area contributed by atoms with Gasteiger partial charge in [-0.2, -0.15) is 0 Å². The van der Waals surface area contributed by atoms with Crippen LogP contribution in [0.4, 0.5) is 4.79 Å². The molecule has 0 bridgehead atoms. The number of hydrogen-bond acceptors (Lipinski definition) is 11. The number of hydrogen-bond donors (Lipinski definition) is 8. The molecule has 12 N–H and O–H groups in total. The summed E-state index contributed by atoms with van der Waals surface area (Å²) < 4.78 is 4.16. The molecule has 0 unspecified atom stereocenters. The highest BCUT2D eigenvalue weighted by atomic mass is 16.7. The Hall–Kier alpha value is -1.54. The van der Waals surface area contributed by atoms with Crippen LogP contribution < -0.4 is 45.2 Å². The molecule has 0 aromatic heterocycles. The highest BCUT2D eigenvalue weighted by Crippen LogP contribution is 1.77. The van der Waals surface area contributed by atoms with Gasteiger partial charge in [-0.05, 0) is 0 Å². The molecule has 0 heterocycles. The summed E-state index contributed by atoms with van der Waals surface area (Å²) in [4.78, 5) is 24.5. The predicted octanol–water partition coefficient (Wildman–Crippen LogP) is -4.62. The first kappa shape index (κ1) is 16.9. The maximum atomic E-state index is 10.4. The zero-order chi connectivity index (χ0) is 12.8. The van der Waals surface area contributed by atoms with Gasteiger partial charge in [0.25, 0.3) is 0 Å². The first-order chi connectivity index (χ1) is 7.62. The molecule has 0 saturated carbocycles. The summed E-state index contributed by atoms with van der Waals surface area (Å²) in [5, 5.41) is 0. The minimum absolute atomic E-state index is 0.444. The molecule has 0 aliphatic rings. The van der Waals surface area contributed by atoms with Crippen LogP contribution in [0.2, 0.25) is 0 Å². The number of hydrazine groups is 4. The Labute approximate surface area is 90.8 Å². The SMILES string of the molecule is NNCNN.NNOC(=O)COC(=O)NN. The number of amides is 1. The third-order valence-corrected chi connectivity index (χ3v) is 0.816. The fourth-order valence-electron chi connectivity index (χ4n) is 0.320. The third kappa shape index (κ3) is 15.0. The molecule has 12 nitrogen and oxygen atoms in total. The van der Waals surface area contributed by atoms with Gasteiger partial charge in [0, 0.05) is 0 Å². The Bertz CT molecular complexity index is 187. The largest absolute Gasteiger partial charge is 0.437 e. The summed E-state index contributed by atoms with van der Waals surface area (Å²) in [5.41, 5.74) is 7.82. The molecule has 0 aromatic rings. The summed E-state index contributed by atoms with van der Waals surface area (Å²) in [5.74, 6) is 17.9. The fraction of sp³-hybridized carbons (Fsp3) is 0.500. The number of rotatable bonds is 5. The molecule has 0 fully saturated rings. The molecular weight excluding hydrogens is 224 g/mol. The van der Waals surface area contributed by atoms with Gasteiger partial charge in [-0.25, -0.2) is 32.1 Å². The highest BCUT2D eigenvalue weighted by molar-refractivity contribution is 5.74. The Morgan fingerprint density at radius 1 is 1.06 bits per heavy atom. The molecule has 0 spiro atoms. The van der Waals surface area contributed by atoms with Crippen molar-refractivity contribution >= 4 is 12.1 Å². The van der Waals surface area contributed by atoms with Gasteiger partial charge in [-0.1, -0.05) is 5.59 Å². The molecule has 0 rings (SSSR count). The number of carbonyl (C=O) groups is 2. The van der Waals surface area contributed by atoms with Gasteiger partial charge in [-0.3, -0.25) is 17.1 Å². The zero-order valence-electron chi connectivity index (χ0n) is 8.36. The second-order valence-electron chi connectivity index (χ2n) is 1.90. The predicted molar refractivity (Wildman–Crippen MR) is 51.6 cm³/mol. The van der Waals surface area contributed by atoms with Gasteiger partial charge in [0.2, 0.25) is 0 Å². The van der Waals surface area contributed by atoms with E-state index in [-0.39, 0.29) is 0 Å². The molecule has 0 aliphatic carbocycles. The lowest BCUT2D eigenvalue weighted by Gasteiger charge is -2.01. The first-order valence-corrected chi connectivity index (χ1v) is 3.77. The van der Waals surface area contributed by atoms with Crippen LogP contribution in [0.25, 0.3) is 0 Å². The molecule has 0 saturated heterocycles. The lowest BCUT2D eigenvalue weighted by Crippen LogP contribution is -2.37. The van der Waals surface area contributed by atoms with E-state index in [1.807, 2.05) is 0 Å². The van der Waals surface area contributed by atoms with Gasteiger partial charge < -0.3 is 9.57 Å². The highest BCUT2D eigenvalue weighted by Gasteiger charge is 2.05. The summed E-state index contributed by atoms with van der Waals surface area (Å²) in [6, 6.07) is 0. The Kier molecular flexibility index (Phi) is 14.2. The molecule has 16 heavy (non-hydrogen) atoms. The standard InChI is InChI=1S/C3H8N4O4.CH8N4/c4-6-3(9)10-1-2(8)11-7-5;2-4-1-5-3/h7H,1,4-5H2,(H,6,9);4-5H,1-3H2. The van der Waals surface area contributed by atoms with Crippen molar-refractivity contribution in [1.82, 2.24) is 21.9 Å². The van der Waals surface area contributed by atoms with Crippen LogP contribution in [0, 0.1) is 0 Å². The molecule has 0 aliphatic heterocycles. The Morgan fingerprint density at radius 3 is 1.94 bits per heavy atom. The first-order valence-electron chi connectivity index (χ1n) is 3.77. The van der Waals surface area contributed by atoms with E-state index in [1.54, 1.807) is 11.0 Å². The second kappa shape index (κ2) is 13.5. The van der Waals surface area contributed by atoms with Crippen molar-refractivity contribution in [1.29, 1.82) is 0 Å². The molecule has 0 radical (unpaired) electrons. The van der Waals surface area contributed by atoms with Crippen LogP contribution in [-0.2, 0) is 14.4 Å². The third-order valence-electron chi connectivity index (χ3n) is 0.816. The number of carbonyl (C=O) groups excluding carboxylic acids is 2. The topological polar surface area (TPSA) is 205 Å². The maximum absolute atomic E-state index is 10.4. The average Bonchev–Trinajstić information content (AvgIpc) is 2.28. The normalized spacial score (nSPS) is 8.50. The van der Waals surface area contributed by atoms with Crippen molar-refractivity contribution in [3.05, 3.63) is 0 Å². The Morgan fingerprint density at radius 2 is 1.62 bits per heavy atom. The van der Waals surface area contributed by atoms with Crippen molar-refractivity contribution in [3.8, 4) is 0 Å². The molecule has 12 heteroatoms. The van der Waals surface area contributed by atoms with Crippen molar-refractivity contribution in [2.75, 3.05) is 13.3 Å². The van der Waals surface area contributed by atoms with Gasteiger partial charge in [-0.15, -0.1) is 0 Å². The van der Waals surface area contributed by atoms with E-state index in [1.165, 1.54) is 0 Å². The van der Waals surface area contributed by atoms with E-state index >= 15 is 0 Å². The van der Waals surface area contributed by atoms with Crippen LogP contribution in [0.5, 0.6) is 0 Å². The van der Waals surface area contributed by atoms with Gasteiger partial charge in [0.1, 0.15) is 0 Å². The minimum atomic E-state index is -0.932.